The van der Waals surface area contributed by atoms with E-state index in [1.165, 1.54) is 0 Å². The number of hydrogen-bond donors (Lipinski definition) is 0. The number of carbonyl (C=O) groups excluding carboxylic acids is 2. The third-order valence-corrected chi connectivity index (χ3v) is 2.52. The Labute approximate surface area is 118 Å². The normalized spacial score (nSPS) is 9.75. The van der Waals surface area contributed by atoms with Crippen molar-refractivity contribution >= 4 is 17.6 Å². The molecule has 0 amide bonds. The van der Waals surface area contributed by atoms with Crippen LogP contribution in [-0.4, -0.2) is 39.2 Å². The molecule has 1 aromatic rings. The summed E-state index contributed by atoms with van der Waals surface area (Å²) < 4.78 is 9.82. The molecule has 5 heteroatoms. The number of rotatable bonds is 6. The molecular formula is C15H19NO4. The van der Waals surface area contributed by atoms with E-state index in [4.69, 9.17) is 9.47 Å². The van der Waals surface area contributed by atoms with Gasteiger partial charge in [0, 0.05) is 25.4 Å². The number of hydrogen-bond acceptors (Lipinski definition) is 5. The van der Waals surface area contributed by atoms with Gasteiger partial charge in [0.05, 0.1) is 5.56 Å². The van der Waals surface area contributed by atoms with Crippen molar-refractivity contribution in [3.8, 4) is 0 Å². The molecule has 108 valence electrons. The fourth-order valence-corrected chi connectivity index (χ4v) is 1.37. The van der Waals surface area contributed by atoms with Gasteiger partial charge in [-0.3, -0.25) is 0 Å². The van der Waals surface area contributed by atoms with Crippen LogP contribution in [0.15, 0.2) is 36.4 Å². The van der Waals surface area contributed by atoms with Crippen LogP contribution in [0.5, 0.6) is 0 Å². The minimum atomic E-state index is -0.489. The molecule has 0 atom stereocenters. The Hall–Kier alpha value is -2.30. The average Bonchev–Trinajstić information content (AvgIpc) is 2.43. The van der Waals surface area contributed by atoms with Crippen molar-refractivity contribution in [2.75, 3.05) is 32.2 Å². The van der Waals surface area contributed by atoms with Crippen LogP contribution in [-0.2, 0) is 14.3 Å². The van der Waals surface area contributed by atoms with E-state index in [-0.39, 0.29) is 13.2 Å². The Morgan fingerprint density at radius 3 is 2.15 bits per heavy atom. The highest BCUT2D eigenvalue weighted by Gasteiger charge is 2.08. The van der Waals surface area contributed by atoms with E-state index >= 15 is 0 Å². The molecule has 0 spiro atoms. The molecule has 1 aromatic carbocycles. The SMILES string of the molecule is C=C(C)C(=O)OCCOC(=O)c1ccc(N(C)C)cc1. The van der Waals surface area contributed by atoms with Crippen LogP contribution in [0.4, 0.5) is 5.69 Å². The summed E-state index contributed by atoms with van der Waals surface area (Å²) in [6.07, 6.45) is 0. The standard InChI is InChI=1S/C15H19NO4/c1-11(2)14(17)19-9-10-20-15(18)12-5-7-13(8-6-12)16(3)4/h5-8H,1,9-10H2,2-4H3. The Kier molecular flexibility index (Phi) is 5.77. The van der Waals surface area contributed by atoms with E-state index in [9.17, 15) is 9.59 Å². The molecule has 0 saturated heterocycles. The fraction of sp³-hybridized carbons (Fsp3) is 0.333. The lowest BCUT2D eigenvalue weighted by Crippen LogP contribution is -2.14. The summed E-state index contributed by atoms with van der Waals surface area (Å²) in [5.74, 6) is -0.932. The van der Waals surface area contributed by atoms with E-state index in [0.29, 0.717) is 11.1 Å². The maximum absolute atomic E-state index is 11.7. The molecule has 0 unspecified atom stereocenters. The van der Waals surface area contributed by atoms with Crippen molar-refractivity contribution in [2.45, 2.75) is 6.92 Å². The van der Waals surface area contributed by atoms with Crippen LogP contribution in [0.1, 0.15) is 17.3 Å². The lowest BCUT2D eigenvalue weighted by atomic mass is 10.2. The average molecular weight is 277 g/mol. The van der Waals surface area contributed by atoms with Gasteiger partial charge in [0.1, 0.15) is 13.2 Å². The summed E-state index contributed by atoms with van der Waals surface area (Å²) in [4.78, 5) is 24.7. The fourth-order valence-electron chi connectivity index (χ4n) is 1.37. The molecule has 0 aliphatic rings. The van der Waals surface area contributed by atoms with Crippen molar-refractivity contribution in [2.24, 2.45) is 0 Å². The molecule has 0 fully saturated rings. The van der Waals surface area contributed by atoms with Crippen LogP contribution in [0.2, 0.25) is 0 Å². The van der Waals surface area contributed by atoms with Crippen molar-refractivity contribution in [1.29, 1.82) is 0 Å². The molecule has 0 bridgehead atoms. The second kappa shape index (κ2) is 7.33. The molecule has 0 heterocycles. The second-order valence-electron chi connectivity index (χ2n) is 4.49. The number of nitrogens with zero attached hydrogens (tertiary/aromatic N) is 1. The largest absolute Gasteiger partial charge is 0.459 e. The number of carbonyl (C=O) groups is 2. The molecule has 5 nitrogen and oxygen atoms in total. The van der Waals surface area contributed by atoms with Crippen LogP contribution in [0, 0.1) is 0 Å². The second-order valence-corrected chi connectivity index (χ2v) is 4.49. The third-order valence-electron chi connectivity index (χ3n) is 2.52. The van der Waals surface area contributed by atoms with Gasteiger partial charge in [0.25, 0.3) is 0 Å². The van der Waals surface area contributed by atoms with Gasteiger partial charge in [-0.1, -0.05) is 6.58 Å². The Morgan fingerprint density at radius 1 is 1.10 bits per heavy atom. The predicted octanol–water partition coefficient (Wildman–Crippen LogP) is 2.03. The van der Waals surface area contributed by atoms with Crippen molar-refractivity contribution in [1.82, 2.24) is 0 Å². The molecule has 0 radical (unpaired) electrons. The zero-order valence-electron chi connectivity index (χ0n) is 12.0. The summed E-state index contributed by atoms with van der Waals surface area (Å²) in [6, 6.07) is 7.05. The first-order chi connectivity index (χ1) is 9.41. The smallest absolute Gasteiger partial charge is 0.338 e. The van der Waals surface area contributed by atoms with E-state index in [1.54, 1.807) is 19.1 Å². The number of benzene rings is 1. The highest BCUT2D eigenvalue weighted by atomic mass is 16.6. The first kappa shape index (κ1) is 15.8. The van der Waals surface area contributed by atoms with Crippen molar-refractivity contribution in [3.05, 3.63) is 42.0 Å². The van der Waals surface area contributed by atoms with E-state index in [1.807, 2.05) is 31.1 Å². The topological polar surface area (TPSA) is 55.8 Å². The van der Waals surface area contributed by atoms with E-state index < -0.39 is 11.9 Å². The van der Waals surface area contributed by atoms with E-state index in [0.717, 1.165) is 5.69 Å². The number of esters is 2. The van der Waals surface area contributed by atoms with Crippen LogP contribution >= 0.6 is 0 Å². The number of anilines is 1. The molecule has 0 aromatic heterocycles. The number of ether oxygens (including phenoxy) is 2. The summed E-state index contributed by atoms with van der Waals surface area (Å²) >= 11 is 0. The van der Waals surface area contributed by atoms with Gasteiger partial charge in [0.15, 0.2) is 0 Å². The minimum Gasteiger partial charge on any atom is -0.459 e. The van der Waals surface area contributed by atoms with Crippen LogP contribution in [0.25, 0.3) is 0 Å². The molecule has 0 N–H and O–H groups in total. The highest BCUT2D eigenvalue weighted by Crippen LogP contribution is 2.12. The summed E-state index contributed by atoms with van der Waals surface area (Å²) in [5, 5.41) is 0. The van der Waals surface area contributed by atoms with Crippen molar-refractivity contribution < 1.29 is 19.1 Å². The molecular weight excluding hydrogens is 258 g/mol. The van der Waals surface area contributed by atoms with Gasteiger partial charge in [-0.05, 0) is 31.2 Å². The molecule has 0 aliphatic carbocycles. The first-order valence-electron chi connectivity index (χ1n) is 6.19. The summed E-state index contributed by atoms with van der Waals surface area (Å²) in [5.41, 5.74) is 1.77. The van der Waals surface area contributed by atoms with Crippen LogP contribution in [0.3, 0.4) is 0 Å². The zero-order chi connectivity index (χ0) is 15.1. The molecule has 1 rings (SSSR count). The summed E-state index contributed by atoms with van der Waals surface area (Å²) in [6.45, 7) is 5.05. The summed E-state index contributed by atoms with van der Waals surface area (Å²) in [7, 11) is 3.84. The van der Waals surface area contributed by atoms with Gasteiger partial charge in [0.2, 0.25) is 0 Å². The van der Waals surface area contributed by atoms with Gasteiger partial charge in [-0.15, -0.1) is 0 Å². The predicted molar refractivity (Wildman–Crippen MR) is 76.8 cm³/mol. The zero-order valence-corrected chi connectivity index (χ0v) is 12.0. The van der Waals surface area contributed by atoms with E-state index in [2.05, 4.69) is 6.58 Å². The minimum absolute atomic E-state index is 0.0210. The lowest BCUT2D eigenvalue weighted by molar-refractivity contribution is -0.140. The first-order valence-corrected chi connectivity index (χ1v) is 6.19. The van der Waals surface area contributed by atoms with Gasteiger partial charge in [-0.2, -0.15) is 0 Å². The van der Waals surface area contributed by atoms with Crippen LogP contribution < -0.4 is 4.90 Å². The maximum atomic E-state index is 11.7. The molecule has 0 saturated carbocycles. The molecule has 0 aliphatic heterocycles. The Morgan fingerprint density at radius 2 is 1.65 bits per heavy atom. The Bertz CT molecular complexity index is 491. The lowest BCUT2D eigenvalue weighted by Gasteiger charge is -2.12. The highest BCUT2D eigenvalue weighted by molar-refractivity contribution is 5.90. The van der Waals surface area contributed by atoms with Gasteiger partial charge < -0.3 is 14.4 Å². The Balaban J connectivity index is 2.39. The van der Waals surface area contributed by atoms with Gasteiger partial charge >= 0.3 is 11.9 Å². The monoisotopic (exact) mass is 277 g/mol. The molecule has 20 heavy (non-hydrogen) atoms. The van der Waals surface area contributed by atoms with Crippen molar-refractivity contribution in [3.63, 3.8) is 0 Å². The quantitative estimate of drug-likeness (QED) is 0.452. The maximum Gasteiger partial charge on any atom is 0.338 e. The van der Waals surface area contributed by atoms with Gasteiger partial charge in [-0.25, -0.2) is 9.59 Å². The third kappa shape index (κ3) is 4.76.